The molecule has 0 atom stereocenters. The van der Waals surface area contributed by atoms with Gasteiger partial charge in [0.05, 0.1) is 0 Å². The number of esters is 1. The van der Waals surface area contributed by atoms with E-state index < -0.39 is 0 Å². The van der Waals surface area contributed by atoms with Gasteiger partial charge in [-0.1, -0.05) is 32.1 Å². The van der Waals surface area contributed by atoms with Gasteiger partial charge in [-0.25, -0.2) is 0 Å². The van der Waals surface area contributed by atoms with E-state index in [0.29, 0.717) is 5.76 Å². The zero-order valence-corrected chi connectivity index (χ0v) is 11.3. The minimum atomic E-state index is -0.326. The molecule has 0 fully saturated rings. The molecule has 94 valence electrons. The van der Waals surface area contributed by atoms with Crippen molar-refractivity contribution in [2.75, 3.05) is 0 Å². The van der Waals surface area contributed by atoms with Crippen molar-refractivity contribution in [2.24, 2.45) is 5.41 Å². The number of rotatable bonds is 3. The van der Waals surface area contributed by atoms with Crippen LogP contribution in [-0.2, 0) is 9.53 Å². The number of carbonyl (C=O) groups is 1. The van der Waals surface area contributed by atoms with Crippen LogP contribution in [0.1, 0.15) is 47.0 Å². The van der Waals surface area contributed by atoms with Gasteiger partial charge in [0.1, 0.15) is 5.76 Å². The van der Waals surface area contributed by atoms with Gasteiger partial charge in [-0.2, -0.15) is 0 Å². The molecule has 0 aliphatic heterocycles. The molecule has 2 nitrogen and oxygen atoms in total. The van der Waals surface area contributed by atoms with Crippen LogP contribution in [0.3, 0.4) is 0 Å². The van der Waals surface area contributed by atoms with Crippen molar-refractivity contribution in [3.05, 3.63) is 35.6 Å². The van der Waals surface area contributed by atoms with E-state index in [4.69, 9.17) is 4.74 Å². The Kier molecular flexibility index (Phi) is 4.33. The third-order valence-corrected chi connectivity index (χ3v) is 3.25. The molecule has 2 heteroatoms. The van der Waals surface area contributed by atoms with Crippen molar-refractivity contribution in [2.45, 2.75) is 47.0 Å². The van der Waals surface area contributed by atoms with Crippen molar-refractivity contribution in [1.29, 1.82) is 0 Å². The molecule has 1 aliphatic rings. The summed E-state index contributed by atoms with van der Waals surface area (Å²) in [6.45, 7) is 11.8. The second kappa shape index (κ2) is 5.35. The van der Waals surface area contributed by atoms with E-state index in [0.717, 1.165) is 6.42 Å². The zero-order valence-electron chi connectivity index (χ0n) is 11.3. The third kappa shape index (κ3) is 3.88. The lowest BCUT2D eigenvalue weighted by atomic mass is 9.72. The Bertz CT molecular complexity index is 384. The van der Waals surface area contributed by atoms with Gasteiger partial charge in [-0.05, 0) is 43.3 Å². The molecule has 0 saturated carbocycles. The highest BCUT2D eigenvalue weighted by Crippen LogP contribution is 2.40. The second-order valence-corrected chi connectivity index (χ2v) is 5.32. The van der Waals surface area contributed by atoms with E-state index in [-0.39, 0.29) is 11.4 Å². The quantitative estimate of drug-likeness (QED) is 0.416. The Morgan fingerprint density at radius 1 is 1.47 bits per heavy atom. The Morgan fingerprint density at radius 2 is 2.12 bits per heavy atom. The smallest absolute Gasteiger partial charge is 0.308 e. The zero-order chi connectivity index (χ0) is 13.1. The van der Waals surface area contributed by atoms with Crippen molar-refractivity contribution in [1.82, 2.24) is 0 Å². The molecule has 17 heavy (non-hydrogen) atoms. The van der Waals surface area contributed by atoms with Gasteiger partial charge < -0.3 is 4.74 Å². The number of carbonyl (C=O) groups excluding carboxylic acids is 1. The highest BCUT2D eigenvalue weighted by atomic mass is 16.5. The van der Waals surface area contributed by atoms with Gasteiger partial charge in [-0.3, -0.25) is 4.79 Å². The molecule has 0 N–H and O–H groups in total. The lowest BCUT2D eigenvalue weighted by Crippen LogP contribution is -2.19. The van der Waals surface area contributed by atoms with Crippen molar-refractivity contribution in [3.63, 3.8) is 0 Å². The fourth-order valence-electron chi connectivity index (χ4n) is 2.41. The lowest BCUT2D eigenvalue weighted by molar-refractivity contribution is -0.136. The number of hydrogen-bond acceptors (Lipinski definition) is 2. The summed E-state index contributed by atoms with van der Waals surface area (Å²) in [7, 11) is 0. The lowest BCUT2D eigenvalue weighted by Gasteiger charge is -2.32. The van der Waals surface area contributed by atoms with Gasteiger partial charge in [0.15, 0.2) is 0 Å². The van der Waals surface area contributed by atoms with Crippen LogP contribution < -0.4 is 0 Å². The highest BCUT2D eigenvalue weighted by Gasteiger charge is 2.26. The number of hydrogen-bond donors (Lipinski definition) is 0. The van der Waals surface area contributed by atoms with Crippen LogP contribution in [-0.4, -0.2) is 5.97 Å². The predicted octanol–water partition coefficient (Wildman–Crippen LogP) is 4.15. The topological polar surface area (TPSA) is 26.3 Å². The maximum absolute atomic E-state index is 10.8. The maximum atomic E-state index is 10.8. The van der Waals surface area contributed by atoms with Crippen LogP contribution in [0.2, 0.25) is 0 Å². The summed E-state index contributed by atoms with van der Waals surface area (Å²) in [5, 5.41) is 0. The molecular weight excluding hydrogens is 212 g/mol. The first-order chi connectivity index (χ1) is 7.83. The van der Waals surface area contributed by atoms with E-state index in [9.17, 15) is 4.79 Å². The van der Waals surface area contributed by atoms with Crippen LogP contribution in [0.25, 0.3) is 0 Å². The molecule has 0 radical (unpaired) electrons. The summed E-state index contributed by atoms with van der Waals surface area (Å²) < 4.78 is 4.90. The normalized spacial score (nSPS) is 19.5. The largest absolute Gasteiger partial charge is 0.427 e. The Morgan fingerprint density at radius 3 is 2.65 bits per heavy atom. The summed E-state index contributed by atoms with van der Waals surface area (Å²) in [4.78, 5) is 10.8. The molecule has 0 amide bonds. The van der Waals surface area contributed by atoms with E-state index in [1.807, 2.05) is 6.08 Å². The van der Waals surface area contributed by atoms with Gasteiger partial charge >= 0.3 is 5.97 Å². The average molecular weight is 234 g/mol. The summed E-state index contributed by atoms with van der Waals surface area (Å²) in [5.41, 5.74) is 2.97. The molecule has 0 unspecified atom stereocenters. The van der Waals surface area contributed by atoms with E-state index in [1.54, 1.807) is 6.08 Å². The molecule has 0 aromatic heterocycles. The highest BCUT2D eigenvalue weighted by molar-refractivity contribution is 5.67. The third-order valence-electron chi connectivity index (χ3n) is 3.25. The van der Waals surface area contributed by atoms with Gasteiger partial charge in [0, 0.05) is 6.92 Å². The predicted molar refractivity (Wildman–Crippen MR) is 70.4 cm³/mol. The van der Waals surface area contributed by atoms with Crippen molar-refractivity contribution in [3.8, 4) is 0 Å². The van der Waals surface area contributed by atoms with Gasteiger partial charge in [-0.15, -0.1) is 0 Å². The fraction of sp³-hybridized carbons (Fsp3) is 0.533. The van der Waals surface area contributed by atoms with Gasteiger partial charge in [0.2, 0.25) is 0 Å². The van der Waals surface area contributed by atoms with Crippen LogP contribution in [0, 0.1) is 5.41 Å². The number of ether oxygens (including phenoxy) is 1. The Balaban J connectivity index is 2.82. The molecule has 0 heterocycles. The maximum Gasteiger partial charge on any atom is 0.308 e. The van der Waals surface area contributed by atoms with Crippen LogP contribution in [0.15, 0.2) is 35.6 Å². The van der Waals surface area contributed by atoms with Crippen molar-refractivity contribution >= 4 is 5.97 Å². The molecule has 0 aromatic carbocycles. The standard InChI is InChI=1S/C15H22O2/c1-11-7-6-10-15(4,5)14(11)9-8-12(2)17-13(3)16/h8-9H,2,6-7,10H2,1,3-5H3/b9-8+. The minimum absolute atomic E-state index is 0.204. The summed E-state index contributed by atoms with van der Waals surface area (Å²) in [6, 6.07) is 0. The Labute approximate surface area is 104 Å². The molecule has 1 aliphatic carbocycles. The van der Waals surface area contributed by atoms with E-state index in [2.05, 4.69) is 27.4 Å². The molecule has 0 aromatic rings. The average Bonchev–Trinajstić information content (AvgIpc) is 2.14. The molecule has 0 bridgehead atoms. The molecule has 1 rings (SSSR count). The Hall–Kier alpha value is -1.31. The molecular formula is C15H22O2. The van der Waals surface area contributed by atoms with Crippen LogP contribution >= 0.6 is 0 Å². The summed E-state index contributed by atoms with van der Waals surface area (Å²) in [6.07, 6.45) is 7.43. The SMILES string of the molecule is C=C(/C=C/C1=C(C)CCCC1(C)C)OC(C)=O. The molecule has 0 saturated heterocycles. The fourth-order valence-corrected chi connectivity index (χ4v) is 2.41. The first kappa shape index (κ1) is 13.8. The van der Waals surface area contributed by atoms with Crippen LogP contribution in [0.5, 0.6) is 0 Å². The molecule has 0 spiro atoms. The van der Waals surface area contributed by atoms with Crippen molar-refractivity contribution < 1.29 is 9.53 Å². The summed E-state index contributed by atoms with van der Waals surface area (Å²) >= 11 is 0. The minimum Gasteiger partial charge on any atom is -0.427 e. The first-order valence-corrected chi connectivity index (χ1v) is 6.08. The van der Waals surface area contributed by atoms with E-state index in [1.165, 1.54) is 30.9 Å². The monoisotopic (exact) mass is 234 g/mol. The van der Waals surface area contributed by atoms with Crippen LogP contribution in [0.4, 0.5) is 0 Å². The van der Waals surface area contributed by atoms with E-state index >= 15 is 0 Å². The summed E-state index contributed by atoms with van der Waals surface area (Å²) in [5.74, 6) is 0.0763. The first-order valence-electron chi connectivity index (χ1n) is 6.08. The number of allylic oxidation sites excluding steroid dienone is 4. The second-order valence-electron chi connectivity index (χ2n) is 5.32. The van der Waals surface area contributed by atoms with Gasteiger partial charge in [0.25, 0.3) is 0 Å².